The standard InChI is InChI=1S/C20H20N4O4S/c1-13-9-16(28-10-18(25)27-2)7-8-17(13)23-19(26)15-5-3-14(4-6-15)11-29-20-21-12-22-24-20/h3-9,12H,10-11H2,1-2H3,(H,23,26)(H,21,22,24). The zero-order valence-corrected chi connectivity index (χ0v) is 16.8. The van der Waals surface area contributed by atoms with Gasteiger partial charge in [0, 0.05) is 17.0 Å². The first-order valence-electron chi connectivity index (χ1n) is 8.74. The number of aryl methyl sites for hydroxylation is 1. The van der Waals surface area contributed by atoms with E-state index in [1.807, 2.05) is 19.1 Å². The van der Waals surface area contributed by atoms with Gasteiger partial charge in [0.05, 0.1) is 7.11 Å². The Labute approximate surface area is 172 Å². The fourth-order valence-corrected chi connectivity index (χ4v) is 3.16. The molecule has 0 atom stereocenters. The molecule has 1 aromatic heterocycles. The first-order chi connectivity index (χ1) is 14.0. The maximum absolute atomic E-state index is 12.5. The molecule has 1 amide bonds. The number of methoxy groups -OCH3 is 1. The number of aromatic amines is 1. The number of thioether (sulfide) groups is 1. The lowest BCUT2D eigenvalue weighted by Gasteiger charge is -2.11. The number of benzene rings is 2. The second-order valence-electron chi connectivity index (χ2n) is 6.07. The summed E-state index contributed by atoms with van der Waals surface area (Å²) in [7, 11) is 1.30. The van der Waals surface area contributed by atoms with Gasteiger partial charge in [-0.1, -0.05) is 23.9 Å². The largest absolute Gasteiger partial charge is 0.482 e. The van der Waals surface area contributed by atoms with Crippen LogP contribution in [0.1, 0.15) is 21.5 Å². The highest BCUT2D eigenvalue weighted by atomic mass is 32.2. The Kier molecular flexibility index (Phi) is 6.85. The first-order valence-corrected chi connectivity index (χ1v) is 9.72. The normalized spacial score (nSPS) is 10.4. The smallest absolute Gasteiger partial charge is 0.343 e. The van der Waals surface area contributed by atoms with Gasteiger partial charge in [-0.15, -0.1) is 0 Å². The number of amides is 1. The number of carbonyl (C=O) groups is 2. The molecule has 0 aliphatic carbocycles. The van der Waals surface area contributed by atoms with Gasteiger partial charge in [0.2, 0.25) is 0 Å². The second kappa shape index (κ2) is 9.74. The number of ether oxygens (including phenoxy) is 2. The quantitative estimate of drug-likeness (QED) is 0.432. The molecule has 150 valence electrons. The predicted octanol–water partition coefficient (Wildman–Crippen LogP) is 3.21. The Morgan fingerprint density at radius 1 is 1.17 bits per heavy atom. The summed E-state index contributed by atoms with van der Waals surface area (Å²) < 4.78 is 9.89. The fourth-order valence-electron chi connectivity index (χ4n) is 2.43. The molecule has 0 spiro atoms. The average molecular weight is 412 g/mol. The van der Waals surface area contributed by atoms with Gasteiger partial charge in [-0.2, -0.15) is 5.10 Å². The molecule has 2 N–H and O–H groups in total. The van der Waals surface area contributed by atoms with E-state index in [0.29, 0.717) is 17.0 Å². The van der Waals surface area contributed by atoms with Crippen LogP contribution in [0.25, 0.3) is 0 Å². The molecular formula is C20H20N4O4S. The molecular weight excluding hydrogens is 392 g/mol. The summed E-state index contributed by atoms with van der Waals surface area (Å²) in [6.07, 6.45) is 1.47. The van der Waals surface area contributed by atoms with Crippen molar-refractivity contribution in [3.05, 3.63) is 65.5 Å². The number of rotatable bonds is 8. The number of esters is 1. The number of H-pyrrole nitrogens is 1. The maximum atomic E-state index is 12.5. The van der Waals surface area contributed by atoms with Crippen LogP contribution in [0.4, 0.5) is 5.69 Å². The summed E-state index contributed by atoms with van der Waals surface area (Å²) in [5, 5.41) is 10.2. The molecule has 1 heterocycles. The van der Waals surface area contributed by atoms with Crippen molar-refractivity contribution >= 4 is 29.3 Å². The molecule has 3 aromatic rings. The summed E-state index contributed by atoms with van der Waals surface area (Å²) in [6.45, 7) is 1.69. The molecule has 0 fully saturated rings. The van der Waals surface area contributed by atoms with Gasteiger partial charge < -0.3 is 14.8 Å². The molecule has 0 unspecified atom stereocenters. The van der Waals surface area contributed by atoms with E-state index in [2.05, 4.69) is 25.2 Å². The SMILES string of the molecule is COC(=O)COc1ccc(NC(=O)c2ccc(CSc3ncn[nH]3)cc2)c(C)c1. The van der Waals surface area contributed by atoms with Crippen LogP contribution in [0.2, 0.25) is 0 Å². The minimum atomic E-state index is -0.456. The van der Waals surface area contributed by atoms with Crippen LogP contribution in [0.15, 0.2) is 53.9 Å². The molecule has 0 saturated carbocycles. The second-order valence-corrected chi connectivity index (χ2v) is 7.04. The Bertz CT molecular complexity index is 975. The van der Waals surface area contributed by atoms with Crippen LogP contribution in [-0.4, -0.2) is 40.8 Å². The van der Waals surface area contributed by atoms with Crippen LogP contribution in [0.3, 0.4) is 0 Å². The third kappa shape index (κ3) is 5.82. The molecule has 3 rings (SSSR count). The topological polar surface area (TPSA) is 106 Å². The number of nitrogens with zero attached hydrogens (tertiary/aromatic N) is 2. The van der Waals surface area contributed by atoms with E-state index in [1.54, 1.807) is 30.3 Å². The highest BCUT2D eigenvalue weighted by Crippen LogP contribution is 2.23. The van der Waals surface area contributed by atoms with Crippen molar-refractivity contribution in [2.45, 2.75) is 17.8 Å². The van der Waals surface area contributed by atoms with Crippen molar-refractivity contribution in [3.63, 3.8) is 0 Å². The van der Waals surface area contributed by atoms with Crippen LogP contribution >= 0.6 is 11.8 Å². The van der Waals surface area contributed by atoms with Gasteiger partial charge in [-0.3, -0.25) is 9.89 Å². The lowest BCUT2D eigenvalue weighted by atomic mass is 10.1. The molecule has 0 saturated heterocycles. The first kappa shape index (κ1) is 20.4. The summed E-state index contributed by atoms with van der Waals surface area (Å²) in [4.78, 5) is 27.7. The van der Waals surface area contributed by atoms with Crippen molar-refractivity contribution in [1.29, 1.82) is 0 Å². The molecule has 8 nitrogen and oxygen atoms in total. The molecule has 0 aliphatic heterocycles. The number of anilines is 1. The van der Waals surface area contributed by atoms with Gasteiger partial charge in [-0.25, -0.2) is 9.78 Å². The van der Waals surface area contributed by atoms with E-state index in [0.717, 1.165) is 22.0 Å². The third-order valence-electron chi connectivity index (χ3n) is 4.02. The number of nitrogens with one attached hydrogen (secondary N) is 2. The van der Waals surface area contributed by atoms with Crippen molar-refractivity contribution in [2.75, 3.05) is 19.0 Å². The van der Waals surface area contributed by atoms with E-state index < -0.39 is 5.97 Å². The summed E-state index contributed by atoms with van der Waals surface area (Å²) >= 11 is 1.54. The zero-order valence-electron chi connectivity index (χ0n) is 16.0. The van der Waals surface area contributed by atoms with E-state index in [4.69, 9.17) is 4.74 Å². The van der Waals surface area contributed by atoms with Crippen LogP contribution in [-0.2, 0) is 15.3 Å². The van der Waals surface area contributed by atoms with Gasteiger partial charge in [0.25, 0.3) is 5.91 Å². The molecule has 29 heavy (non-hydrogen) atoms. The zero-order chi connectivity index (χ0) is 20.6. The van der Waals surface area contributed by atoms with Crippen LogP contribution in [0, 0.1) is 6.92 Å². The van der Waals surface area contributed by atoms with Crippen molar-refractivity contribution < 1.29 is 19.1 Å². The Hall–Kier alpha value is -3.33. The van der Waals surface area contributed by atoms with Crippen molar-refractivity contribution in [3.8, 4) is 5.75 Å². The highest BCUT2D eigenvalue weighted by Gasteiger charge is 2.10. The Morgan fingerprint density at radius 2 is 1.97 bits per heavy atom. The average Bonchev–Trinajstić information content (AvgIpc) is 3.26. The minimum absolute atomic E-state index is 0.164. The summed E-state index contributed by atoms with van der Waals surface area (Å²) in [6, 6.07) is 12.6. The lowest BCUT2D eigenvalue weighted by molar-refractivity contribution is -0.142. The number of carbonyl (C=O) groups excluding carboxylic acids is 2. The molecule has 9 heteroatoms. The van der Waals surface area contributed by atoms with E-state index in [-0.39, 0.29) is 12.5 Å². The Balaban J connectivity index is 1.57. The molecule has 0 radical (unpaired) electrons. The van der Waals surface area contributed by atoms with E-state index in [9.17, 15) is 9.59 Å². The summed E-state index contributed by atoms with van der Waals surface area (Å²) in [5.41, 5.74) is 3.13. The number of hydrogen-bond donors (Lipinski definition) is 2. The fraction of sp³-hybridized carbons (Fsp3) is 0.200. The van der Waals surface area contributed by atoms with Gasteiger partial charge in [0.15, 0.2) is 11.8 Å². The van der Waals surface area contributed by atoms with Gasteiger partial charge >= 0.3 is 5.97 Å². The monoisotopic (exact) mass is 412 g/mol. The third-order valence-corrected chi connectivity index (χ3v) is 4.96. The number of hydrogen-bond acceptors (Lipinski definition) is 7. The molecule has 2 aromatic carbocycles. The summed E-state index contributed by atoms with van der Waals surface area (Å²) in [5.74, 6) is 0.594. The maximum Gasteiger partial charge on any atom is 0.343 e. The predicted molar refractivity (Wildman–Crippen MR) is 109 cm³/mol. The van der Waals surface area contributed by atoms with Crippen molar-refractivity contribution in [2.24, 2.45) is 0 Å². The Morgan fingerprint density at radius 3 is 2.62 bits per heavy atom. The van der Waals surface area contributed by atoms with Crippen molar-refractivity contribution in [1.82, 2.24) is 15.2 Å². The van der Waals surface area contributed by atoms with Gasteiger partial charge in [0.1, 0.15) is 12.1 Å². The van der Waals surface area contributed by atoms with Crippen LogP contribution in [0.5, 0.6) is 5.75 Å². The highest BCUT2D eigenvalue weighted by molar-refractivity contribution is 7.98. The van der Waals surface area contributed by atoms with E-state index in [1.165, 1.54) is 25.2 Å². The van der Waals surface area contributed by atoms with Crippen LogP contribution < -0.4 is 10.1 Å². The number of aromatic nitrogens is 3. The van der Waals surface area contributed by atoms with E-state index >= 15 is 0 Å². The minimum Gasteiger partial charge on any atom is -0.482 e. The van der Waals surface area contributed by atoms with Gasteiger partial charge in [-0.05, 0) is 48.4 Å². The molecule has 0 bridgehead atoms. The molecule has 0 aliphatic rings. The lowest BCUT2D eigenvalue weighted by Crippen LogP contribution is -2.14.